The van der Waals surface area contributed by atoms with E-state index < -0.39 is 8.32 Å². The first-order chi connectivity index (χ1) is 16.3. The van der Waals surface area contributed by atoms with Crippen molar-refractivity contribution >= 4 is 24.7 Å². The summed E-state index contributed by atoms with van der Waals surface area (Å²) in [6.07, 6.45) is 4.79. The van der Waals surface area contributed by atoms with Gasteiger partial charge in [-0.25, -0.2) is 4.98 Å². The van der Waals surface area contributed by atoms with Crippen LogP contribution in [0.2, 0.25) is 5.04 Å². The summed E-state index contributed by atoms with van der Waals surface area (Å²) in [5, 5.41) is 2.51. The Kier molecular flexibility index (Phi) is 8.96. The molecule has 0 saturated carbocycles. The minimum atomic E-state index is -2.52. The summed E-state index contributed by atoms with van der Waals surface area (Å²) >= 11 is 0. The predicted molar refractivity (Wildman–Crippen MR) is 136 cm³/mol. The highest BCUT2D eigenvalue weighted by Gasteiger charge is 2.49. The number of esters is 1. The van der Waals surface area contributed by atoms with E-state index in [9.17, 15) is 4.79 Å². The molecule has 1 heterocycles. The van der Waals surface area contributed by atoms with E-state index in [-0.39, 0.29) is 17.6 Å². The third-order valence-corrected chi connectivity index (χ3v) is 10.7. The van der Waals surface area contributed by atoms with E-state index in [4.69, 9.17) is 13.9 Å². The highest BCUT2D eigenvalue weighted by atomic mass is 28.4. The molecule has 0 unspecified atom stereocenters. The summed E-state index contributed by atoms with van der Waals surface area (Å²) in [6.45, 7) is 9.37. The molecule has 0 aliphatic rings. The molecular weight excluding hydrogens is 444 g/mol. The lowest BCUT2D eigenvalue weighted by Gasteiger charge is -2.43. The molecule has 0 aliphatic heterocycles. The molecule has 6 nitrogen and oxygen atoms in total. The number of rotatable bonds is 11. The minimum Gasteiger partial charge on any atom is -0.476 e. The summed E-state index contributed by atoms with van der Waals surface area (Å²) in [7, 11) is -2.52. The number of ether oxygens (including phenoxy) is 2. The van der Waals surface area contributed by atoms with Crippen LogP contribution in [-0.4, -0.2) is 37.5 Å². The van der Waals surface area contributed by atoms with Crippen molar-refractivity contribution in [1.82, 2.24) is 9.97 Å². The van der Waals surface area contributed by atoms with Gasteiger partial charge in [0.05, 0.1) is 6.61 Å². The second-order valence-electron chi connectivity index (χ2n) is 9.16. The summed E-state index contributed by atoms with van der Waals surface area (Å²) in [6, 6.07) is 21.3. The molecule has 0 spiro atoms. The number of aromatic nitrogens is 2. The van der Waals surface area contributed by atoms with Gasteiger partial charge in [0.15, 0.2) is 0 Å². The Labute approximate surface area is 203 Å². The molecule has 0 N–H and O–H groups in total. The van der Waals surface area contributed by atoms with Crippen LogP contribution in [0.25, 0.3) is 0 Å². The summed E-state index contributed by atoms with van der Waals surface area (Å²) in [4.78, 5) is 19.5. The molecule has 0 amide bonds. The molecule has 0 aliphatic carbocycles. The van der Waals surface area contributed by atoms with Gasteiger partial charge >= 0.3 is 5.97 Å². The molecule has 0 radical (unpaired) electrons. The lowest BCUT2D eigenvalue weighted by Crippen LogP contribution is -2.66. The van der Waals surface area contributed by atoms with Crippen LogP contribution in [0, 0.1) is 0 Å². The third-order valence-electron chi connectivity index (χ3n) is 5.66. The second-order valence-corrected chi connectivity index (χ2v) is 13.5. The SMILES string of the molecule is CC(=O)OCc1nccnc1OCCCCO[Si](c1ccccc1)(c1ccccc1)C(C)(C)C. The standard InChI is InChI=1S/C27H34N2O4Si/c1-22(30)32-21-25-26(29-18-17-28-25)31-19-11-12-20-33-34(27(2,3)4,23-13-7-5-8-14-23)24-15-9-6-10-16-24/h5-10,13-18H,11-12,19-21H2,1-4H3. The lowest BCUT2D eigenvalue weighted by atomic mass is 10.2. The Morgan fingerprint density at radius 3 is 1.97 bits per heavy atom. The topological polar surface area (TPSA) is 70.5 Å². The minimum absolute atomic E-state index is 0.0442. The van der Waals surface area contributed by atoms with Gasteiger partial charge in [-0.2, -0.15) is 0 Å². The van der Waals surface area contributed by atoms with Crippen LogP contribution in [0.5, 0.6) is 5.88 Å². The quantitative estimate of drug-likeness (QED) is 0.233. The molecule has 0 fully saturated rings. The maximum atomic E-state index is 11.1. The fraction of sp³-hybridized carbons (Fsp3) is 0.370. The van der Waals surface area contributed by atoms with Crippen molar-refractivity contribution in [2.75, 3.05) is 13.2 Å². The van der Waals surface area contributed by atoms with Gasteiger partial charge in [0.25, 0.3) is 8.32 Å². The predicted octanol–water partition coefficient (Wildman–Crippen LogP) is 4.28. The van der Waals surface area contributed by atoms with Crippen LogP contribution in [0.15, 0.2) is 73.1 Å². The van der Waals surface area contributed by atoms with Crippen molar-refractivity contribution in [2.24, 2.45) is 0 Å². The van der Waals surface area contributed by atoms with E-state index in [1.54, 1.807) is 12.4 Å². The van der Waals surface area contributed by atoms with Crippen molar-refractivity contribution in [1.29, 1.82) is 0 Å². The van der Waals surface area contributed by atoms with E-state index in [0.29, 0.717) is 24.8 Å². The molecule has 1 aromatic heterocycles. The first-order valence-electron chi connectivity index (χ1n) is 11.7. The highest BCUT2D eigenvalue weighted by Crippen LogP contribution is 2.36. The number of benzene rings is 2. The lowest BCUT2D eigenvalue weighted by molar-refractivity contribution is -0.142. The molecular formula is C27H34N2O4Si. The van der Waals surface area contributed by atoms with Crippen molar-refractivity contribution < 1.29 is 18.7 Å². The van der Waals surface area contributed by atoms with Crippen LogP contribution < -0.4 is 15.1 Å². The molecule has 2 aromatic carbocycles. The molecule has 0 bridgehead atoms. The monoisotopic (exact) mass is 478 g/mol. The maximum Gasteiger partial charge on any atom is 0.303 e. The Balaban J connectivity index is 1.65. The molecule has 0 saturated heterocycles. The smallest absolute Gasteiger partial charge is 0.303 e. The van der Waals surface area contributed by atoms with Crippen LogP contribution in [-0.2, 0) is 20.6 Å². The number of carbonyl (C=O) groups is 1. The van der Waals surface area contributed by atoms with Gasteiger partial charge in [0, 0.05) is 25.9 Å². The fourth-order valence-electron chi connectivity index (χ4n) is 4.10. The van der Waals surface area contributed by atoms with Gasteiger partial charge < -0.3 is 13.9 Å². The largest absolute Gasteiger partial charge is 0.476 e. The summed E-state index contributed by atoms with van der Waals surface area (Å²) < 4.78 is 17.8. The molecule has 180 valence electrons. The number of hydrogen-bond acceptors (Lipinski definition) is 6. The van der Waals surface area contributed by atoms with Crippen molar-refractivity contribution in [3.8, 4) is 5.88 Å². The van der Waals surface area contributed by atoms with Crippen LogP contribution in [0.3, 0.4) is 0 Å². The first-order valence-corrected chi connectivity index (χ1v) is 13.6. The van der Waals surface area contributed by atoms with Gasteiger partial charge in [-0.15, -0.1) is 0 Å². The normalized spacial score (nSPS) is 11.8. The average Bonchev–Trinajstić information content (AvgIpc) is 2.83. The van der Waals surface area contributed by atoms with Gasteiger partial charge in [-0.3, -0.25) is 9.78 Å². The second kappa shape index (κ2) is 11.9. The van der Waals surface area contributed by atoms with E-state index in [2.05, 4.69) is 91.4 Å². The van der Waals surface area contributed by atoms with Gasteiger partial charge in [-0.05, 0) is 28.3 Å². The molecule has 34 heavy (non-hydrogen) atoms. The summed E-state index contributed by atoms with van der Waals surface area (Å²) in [5.41, 5.74) is 0.515. The number of carbonyl (C=O) groups excluding carboxylic acids is 1. The Morgan fingerprint density at radius 1 is 0.853 bits per heavy atom. The van der Waals surface area contributed by atoms with Gasteiger partial charge in [0.1, 0.15) is 12.3 Å². The van der Waals surface area contributed by atoms with E-state index >= 15 is 0 Å². The number of nitrogens with zero attached hydrogens (tertiary/aromatic N) is 2. The third kappa shape index (κ3) is 6.30. The van der Waals surface area contributed by atoms with Crippen LogP contribution in [0.1, 0.15) is 46.2 Å². The fourth-order valence-corrected chi connectivity index (χ4v) is 8.71. The van der Waals surface area contributed by atoms with Crippen LogP contribution >= 0.6 is 0 Å². The Bertz CT molecular complexity index is 1000. The van der Waals surface area contributed by atoms with Crippen molar-refractivity contribution in [3.63, 3.8) is 0 Å². The van der Waals surface area contributed by atoms with E-state index in [1.807, 2.05) is 0 Å². The number of hydrogen-bond donors (Lipinski definition) is 0. The number of unbranched alkanes of at least 4 members (excludes halogenated alkanes) is 1. The van der Waals surface area contributed by atoms with Gasteiger partial charge in [0.2, 0.25) is 5.88 Å². The molecule has 7 heteroatoms. The Morgan fingerprint density at radius 2 is 1.41 bits per heavy atom. The van der Waals surface area contributed by atoms with Crippen LogP contribution in [0.4, 0.5) is 0 Å². The average molecular weight is 479 g/mol. The van der Waals surface area contributed by atoms with Gasteiger partial charge in [-0.1, -0.05) is 81.4 Å². The highest BCUT2D eigenvalue weighted by molar-refractivity contribution is 6.99. The van der Waals surface area contributed by atoms with Crippen molar-refractivity contribution in [2.45, 2.75) is 52.2 Å². The first kappa shape index (κ1) is 25.6. The zero-order valence-corrected chi connectivity index (χ0v) is 21.5. The van der Waals surface area contributed by atoms with E-state index in [1.165, 1.54) is 17.3 Å². The van der Waals surface area contributed by atoms with E-state index in [0.717, 1.165) is 12.8 Å². The zero-order chi connectivity index (χ0) is 24.4. The molecule has 3 rings (SSSR count). The summed E-state index contributed by atoms with van der Waals surface area (Å²) in [5.74, 6) is 0.0359. The molecule has 0 atom stereocenters. The molecule has 3 aromatic rings. The zero-order valence-electron chi connectivity index (χ0n) is 20.5. The Hall–Kier alpha value is -3.03. The van der Waals surface area contributed by atoms with Crippen molar-refractivity contribution in [3.05, 3.63) is 78.8 Å². The maximum absolute atomic E-state index is 11.1.